The highest BCUT2D eigenvalue weighted by molar-refractivity contribution is 5.98. The summed E-state index contributed by atoms with van der Waals surface area (Å²) in [5, 5.41) is 10.6. The molecule has 0 aliphatic carbocycles. The Morgan fingerprint density at radius 1 is 1.41 bits per heavy atom. The molecular weight excluding hydrogens is 278 g/mol. The van der Waals surface area contributed by atoms with E-state index in [0.29, 0.717) is 13.1 Å². The maximum absolute atomic E-state index is 12.8. The Hall–Kier alpha value is -1.85. The molecule has 0 saturated carbocycles. The van der Waals surface area contributed by atoms with Crippen molar-refractivity contribution in [1.29, 1.82) is 0 Å². The molecule has 0 spiro atoms. The number of aromatic nitrogens is 1. The van der Waals surface area contributed by atoms with Gasteiger partial charge in [-0.15, -0.1) is 0 Å². The Balaban J connectivity index is 1.79. The van der Waals surface area contributed by atoms with E-state index >= 15 is 0 Å². The van der Waals surface area contributed by atoms with Crippen LogP contribution in [0.15, 0.2) is 30.5 Å². The van der Waals surface area contributed by atoms with Crippen molar-refractivity contribution in [3.05, 3.63) is 36.0 Å². The number of benzene rings is 1. The average Bonchev–Trinajstić information content (AvgIpc) is 3.01. The van der Waals surface area contributed by atoms with E-state index in [1.54, 1.807) is 0 Å². The van der Waals surface area contributed by atoms with Crippen LogP contribution >= 0.6 is 0 Å². The molecule has 1 aromatic heterocycles. The van der Waals surface area contributed by atoms with Crippen LogP contribution in [0.2, 0.25) is 0 Å². The molecule has 0 radical (unpaired) electrons. The van der Waals surface area contributed by atoms with E-state index in [-0.39, 0.29) is 24.5 Å². The van der Waals surface area contributed by atoms with Crippen molar-refractivity contribution in [3.63, 3.8) is 0 Å². The fraction of sp³-hybridized carbons (Fsp3) is 0.471. The first-order chi connectivity index (χ1) is 10.6. The first kappa shape index (κ1) is 15.1. The summed E-state index contributed by atoms with van der Waals surface area (Å²) in [7, 11) is 4.01. The second kappa shape index (κ2) is 6.10. The van der Waals surface area contributed by atoms with Gasteiger partial charge in [-0.2, -0.15) is 0 Å². The highest BCUT2D eigenvalue weighted by Gasteiger charge is 2.32. The number of aliphatic hydroxyl groups excluding tert-OH is 1. The molecule has 1 saturated heterocycles. The van der Waals surface area contributed by atoms with Crippen molar-refractivity contribution in [2.75, 3.05) is 33.8 Å². The zero-order valence-corrected chi connectivity index (χ0v) is 13.1. The molecule has 0 unspecified atom stereocenters. The SMILES string of the molecule is CN(C)[C@@H]1CN(C(=O)c2ccc3[nH]ccc3c2)CC[C@@H]1CO. The molecule has 1 aromatic carbocycles. The lowest BCUT2D eigenvalue weighted by Crippen LogP contribution is -2.53. The zero-order valence-electron chi connectivity index (χ0n) is 13.1. The molecular formula is C17H23N3O2. The Morgan fingerprint density at radius 2 is 2.23 bits per heavy atom. The molecule has 2 heterocycles. The second-order valence-electron chi connectivity index (χ2n) is 6.29. The maximum atomic E-state index is 12.8. The standard InChI is InChI=1S/C17H23N3O2/c1-19(2)16-10-20(8-6-14(16)11-21)17(22)13-3-4-15-12(9-13)5-7-18-15/h3-5,7,9,14,16,18,21H,6,8,10-11H2,1-2H3/t14-,16-/m1/s1. The molecule has 1 aliphatic rings. The molecule has 1 amide bonds. The lowest BCUT2D eigenvalue weighted by molar-refractivity contribution is 0.0379. The normalized spacial score (nSPS) is 22.5. The first-order valence-electron chi connectivity index (χ1n) is 7.74. The minimum atomic E-state index is 0.0753. The average molecular weight is 301 g/mol. The molecule has 1 aliphatic heterocycles. The molecule has 5 heteroatoms. The fourth-order valence-corrected chi connectivity index (χ4v) is 3.33. The number of fused-ring (bicyclic) bond motifs is 1. The number of aromatic amines is 1. The number of hydrogen-bond acceptors (Lipinski definition) is 3. The molecule has 2 atom stereocenters. The Kier molecular flexibility index (Phi) is 4.18. The minimum Gasteiger partial charge on any atom is -0.396 e. The molecule has 2 aromatic rings. The highest BCUT2D eigenvalue weighted by atomic mass is 16.3. The molecule has 2 N–H and O–H groups in total. The monoisotopic (exact) mass is 301 g/mol. The minimum absolute atomic E-state index is 0.0753. The van der Waals surface area contributed by atoms with Gasteiger partial charge >= 0.3 is 0 Å². The number of H-pyrrole nitrogens is 1. The van der Waals surface area contributed by atoms with Gasteiger partial charge < -0.3 is 19.9 Å². The van der Waals surface area contributed by atoms with Gasteiger partial charge in [0.1, 0.15) is 0 Å². The molecule has 3 rings (SSSR count). The number of carbonyl (C=O) groups is 1. The fourth-order valence-electron chi connectivity index (χ4n) is 3.33. The Labute approximate surface area is 130 Å². The summed E-state index contributed by atoms with van der Waals surface area (Å²) in [4.78, 5) is 19.9. The lowest BCUT2D eigenvalue weighted by Gasteiger charge is -2.41. The molecule has 118 valence electrons. The Bertz CT molecular complexity index is 665. The van der Waals surface area contributed by atoms with Gasteiger partial charge in [-0.25, -0.2) is 0 Å². The van der Waals surface area contributed by atoms with Gasteiger partial charge in [-0.3, -0.25) is 4.79 Å². The van der Waals surface area contributed by atoms with Gasteiger partial charge in [0.15, 0.2) is 0 Å². The Morgan fingerprint density at radius 3 is 2.95 bits per heavy atom. The topological polar surface area (TPSA) is 59.6 Å². The van der Waals surface area contributed by atoms with Crippen molar-refractivity contribution in [1.82, 2.24) is 14.8 Å². The summed E-state index contributed by atoms with van der Waals surface area (Å²) in [5.74, 6) is 0.317. The summed E-state index contributed by atoms with van der Waals surface area (Å²) >= 11 is 0. The third kappa shape index (κ3) is 2.74. The highest BCUT2D eigenvalue weighted by Crippen LogP contribution is 2.23. The van der Waals surface area contributed by atoms with E-state index in [9.17, 15) is 9.90 Å². The van der Waals surface area contributed by atoms with Crippen molar-refractivity contribution < 1.29 is 9.90 Å². The van der Waals surface area contributed by atoms with Crippen LogP contribution in [0.5, 0.6) is 0 Å². The number of carbonyl (C=O) groups excluding carboxylic acids is 1. The van der Waals surface area contributed by atoms with Gasteiger partial charge in [0.25, 0.3) is 5.91 Å². The van der Waals surface area contributed by atoms with Crippen molar-refractivity contribution in [2.45, 2.75) is 12.5 Å². The van der Waals surface area contributed by atoms with Gasteiger partial charge in [0, 0.05) is 54.3 Å². The van der Waals surface area contributed by atoms with Gasteiger partial charge in [-0.05, 0) is 44.8 Å². The lowest BCUT2D eigenvalue weighted by atomic mass is 9.91. The van der Waals surface area contributed by atoms with Crippen molar-refractivity contribution in [2.24, 2.45) is 5.92 Å². The van der Waals surface area contributed by atoms with E-state index in [0.717, 1.165) is 22.9 Å². The van der Waals surface area contributed by atoms with Crippen LogP contribution in [0.25, 0.3) is 10.9 Å². The summed E-state index contributed by atoms with van der Waals surface area (Å²) in [6.45, 7) is 1.56. The number of aliphatic hydroxyl groups is 1. The smallest absolute Gasteiger partial charge is 0.253 e. The van der Waals surface area contributed by atoms with Gasteiger partial charge in [0.2, 0.25) is 0 Å². The summed E-state index contributed by atoms with van der Waals surface area (Å²) in [6.07, 6.45) is 2.73. The number of hydrogen-bond donors (Lipinski definition) is 2. The van der Waals surface area contributed by atoms with Crippen LogP contribution in [-0.2, 0) is 0 Å². The van der Waals surface area contributed by atoms with E-state index < -0.39 is 0 Å². The summed E-state index contributed by atoms with van der Waals surface area (Å²) < 4.78 is 0. The molecule has 1 fully saturated rings. The van der Waals surface area contributed by atoms with Crippen molar-refractivity contribution >= 4 is 16.8 Å². The summed E-state index contributed by atoms with van der Waals surface area (Å²) in [5.41, 5.74) is 1.77. The van der Waals surface area contributed by atoms with Crippen LogP contribution in [0.4, 0.5) is 0 Å². The molecule has 22 heavy (non-hydrogen) atoms. The predicted octanol–water partition coefficient (Wildman–Crippen LogP) is 1.55. The number of nitrogens with one attached hydrogen (secondary N) is 1. The van der Waals surface area contributed by atoms with Crippen LogP contribution in [0, 0.1) is 5.92 Å². The third-order valence-corrected chi connectivity index (χ3v) is 4.71. The van der Waals surface area contributed by atoms with E-state index in [4.69, 9.17) is 0 Å². The van der Waals surface area contributed by atoms with Crippen LogP contribution in [0.3, 0.4) is 0 Å². The quantitative estimate of drug-likeness (QED) is 0.904. The number of likely N-dealkylation sites (N-methyl/N-ethyl adjacent to an activating group) is 1. The van der Waals surface area contributed by atoms with E-state index in [1.165, 1.54) is 0 Å². The largest absolute Gasteiger partial charge is 0.396 e. The number of rotatable bonds is 3. The number of amides is 1. The molecule has 0 bridgehead atoms. The number of likely N-dealkylation sites (tertiary alicyclic amines) is 1. The predicted molar refractivity (Wildman–Crippen MR) is 86.9 cm³/mol. The van der Waals surface area contributed by atoms with Gasteiger partial charge in [-0.1, -0.05) is 0 Å². The summed E-state index contributed by atoms with van der Waals surface area (Å²) in [6, 6.07) is 7.96. The zero-order chi connectivity index (χ0) is 15.7. The van der Waals surface area contributed by atoms with Crippen LogP contribution in [0.1, 0.15) is 16.8 Å². The number of nitrogens with zero attached hydrogens (tertiary/aromatic N) is 2. The first-order valence-corrected chi connectivity index (χ1v) is 7.74. The van der Waals surface area contributed by atoms with E-state index in [2.05, 4.69) is 9.88 Å². The maximum Gasteiger partial charge on any atom is 0.253 e. The van der Waals surface area contributed by atoms with Crippen LogP contribution in [-0.4, -0.2) is 65.6 Å². The van der Waals surface area contributed by atoms with Crippen LogP contribution < -0.4 is 0 Å². The van der Waals surface area contributed by atoms with Gasteiger partial charge in [0.05, 0.1) is 0 Å². The third-order valence-electron chi connectivity index (χ3n) is 4.71. The van der Waals surface area contributed by atoms with E-state index in [1.807, 2.05) is 49.5 Å². The number of piperidine rings is 1. The second-order valence-corrected chi connectivity index (χ2v) is 6.29. The van der Waals surface area contributed by atoms with Crippen molar-refractivity contribution in [3.8, 4) is 0 Å². The molecule has 5 nitrogen and oxygen atoms in total.